The summed E-state index contributed by atoms with van der Waals surface area (Å²) in [4.78, 5) is 26.8. The predicted octanol–water partition coefficient (Wildman–Crippen LogP) is 1.90. The fourth-order valence-electron chi connectivity index (χ4n) is 2.09. The van der Waals surface area contributed by atoms with Gasteiger partial charge in [-0.2, -0.15) is 0 Å². The van der Waals surface area contributed by atoms with Gasteiger partial charge in [0, 0.05) is 5.56 Å². The first-order valence-corrected chi connectivity index (χ1v) is 7.21. The second-order valence-electron chi connectivity index (χ2n) is 5.03. The smallest absolute Gasteiger partial charge is 0.363 e. The Kier molecular flexibility index (Phi) is 4.38. The summed E-state index contributed by atoms with van der Waals surface area (Å²) in [6.45, 7) is -0.183. The number of esters is 1. The molecule has 0 saturated carbocycles. The van der Waals surface area contributed by atoms with Crippen molar-refractivity contribution in [3.8, 4) is 5.75 Å². The highest BCUT2D eigenvalue weighted by Crippen LogP contribution is 2.20. The number of cyclic esters (lactones) is 1. The Hall–Kier alpha value is -3.41. The van der Waals surface area contributed by atoms with E-state index >= 15 is 0 Å². The van der Waals surface area contributed by atoms with Crippen molar-refractivity contribution in [3.05, 3.63) is 71.4 Å². The molecule has 3 rings (SSSR count). The summed E-state index contributed by atoms with van der Waals surface area (Å²) < 4.78 is 10.4. The molecule has 6 heteroatoms. The molecule has 120 valence electrons. The van der Waals surface area contributed by atoms with E-state index in [1.807, 2.05) is 30.3 Å². The summed E-state index contributed by atoms with van der Waals surface area (Å²) in [5, 5.41) is 0. The molecule has 0 fully saturated rings. The minimum Gasteiger partial charge on any atom is -0.484 e. The Labute approximate surface area is 138 Å². The van der Waals surface area contributed by atoms with Crippen molar-refractivity contribution >= 4 is 23.9 Å². The highest BCUT2D eigenvalue weighted by molar-refractivity contribution is 6.12. The highest BCUT2D eigenvalue weighted by Gasteiger charge is 2.23. The van der Waals surface area contributed by atoms with E-state index in [2.05, 4.69) is 4.99 Å². The van der Waals surface area contributed by atoms with Gasteiger partial charge in [0.15, 0.2) is 12.3 Å². The lowest BCUT2D eigenvalue weighted by Crippen LogP contribution is -2.19. The zero-order valence-electron chi connectivity index (χ0n) is 12.6. The van der Waals surface area contributed by atoms with Crippen LogP contribution in [0.4, 0.5) is 0 Å². The molecule has 2 aromatic carbocycles. The van der Waals surface area contributed by atoms with E-state index in [4.69, 9.17) is 15.2 Å². The minimum atomic E-state index is -0.544. The summed E-state index contributed by atoms with van der Waals surface area (Å²) >= 11 is 0. The fourth-order valence-corrected chi connectivity index (χ4v) is 2.09. The number of primary amides is 1. The number of nitrogens with zero attached hydrogens (tertiary/aromatic N) is 1. The normalized spacial score (nSPS) is 15.1. The maximum Gasteiger partial charge on any atom is 0.363 e. The maximum atomic E-state index is 11.9. The molecule has 2 N–H and O–H groups in total. The van der Waals surface area contributed by atoms with Crippen LogP contribution in [0.3, 0.4) is 0 Å². The molecule has 0 bridgehead atoms. The molecular weight excluding hydrogens is 308 g/mol. The molecule has 0 aliphatic carbocycles. The Bertz CT molecular complexity index is 824. The van der Waals surface area contributed by atoms with Gasteiger partial charge in [-0.25, -0.2) is 9.79 Å². The average molecular weight is 322 g/mol. The van der Waals surface area contributed by atoms with Crippen molar-refractivity contribution < 1.29 is 19.1 Å². The molecule has 6 nitrogen and oxygen atoms in total. The summed E-state index contributed by atoms with van der Waals surface area (Å²) in [6, 6.07) is 16.0. The molecule has 1 amide bonds. The molecule has 0 radical (unpaired) electrons. The number of hydrogen-bond acceptors (Lipinski definition) is 5. The van der Waals surface area contributed by atoms with Crippen LogP contribution in [0.25, 0.3) is 6.08 Å². The fraction of sp³-hybridized carbons (Fsp3) is 0.0556. The van der Waals surface area contributed by atoms with E-state index in [1.165, 1.54) is 0 Å². The van der Waals surface area contributed by atoms with E-state index in [9.17, 15) is 9.59 Å². The van der Waals surface area contributed by atoms with Crippen LogP contribution in [0.15, 0.2) is 65.3 Å². The molecule has 1 aliphatic rings. The van der Waals surface area contributed by atoms with Crippen molar-refractivity contribution in [2.45, 2.75) is 0 Å². The molecule has 0 spiro atoms. The van der Waals surface area contributed by atoms with Crippen LogP contribution in [-0.4, -0.2) is 24.4 Å². The molecule has 0 atom stereocenters. The summed E-state index contributed by atoms with van der Waals surface area (Å²) in [5.74, 6) is -0.243. The monoisotopic (exact) mass is 322 g/mol. The minimum absolute atomic E-state index is 0.183. The molecule has 1 aliphatic heterocycles. The van der Waals surface area contributed by atoms with Gasteiger partial charge >= 0.3 is 5.97 Å². The summed E-state index contributed by atoms with van der Waals surface area (Å²) in [7, 11) is 0. The number of carbonyl (C=O) groups is 2. The lowest BCUT2D eigenvalue weighted by atomic mass is 10.2. The van der Waals surface area contributed by atoms with Crippen LogP contribution in [0.2, 0.25) is 0 Å². The van der Waals surface area contributed by atoms with Crippen molar-refractivity contribution in [2.75, 3.05) is 6.61 Å². The Morgan fingerprint density at radius 3 is 2.50 bits per heavy atom. The quantitative estimate of drug-likeness (QED) is 0.672. The van der Waals surface area contributed by atoms with Crippen LogP contribution in [-0.2, 0) is 14.3 Å². The molecule has 0 aromatic heterocycles. The molecule has 2 aromatic rings. The first-order valence-electron chi connectivity index (χ1n) is 7.21. The van der Waals surface area contributed by atoms with Crippen molar-refractivity contribution in [2.24, 2.45) is 10.7 Å². The van der Waals surface area contributed by atoms with Crippen LogP contribution >= 0.6 is 0 Å². The standard InChI is InChI=1S/C18H14N2O4/c19-16(21)11-23-14-8-6-12(7-9-14)10-15-18(22)24-17(20-15)13-4-2-1-3-5-13/h1-10H,11H2,(H2,19,21)/b15-10-. The second-order valence-corrected chi connectivity index (χ2v) is 5.03. The van der Waals surface area contributed by atoms with Crippen LogP contribution in [0, 0.1) is 0 Å². The van der Waals surface area contributed by atoms with Gasteiger partial charge in [-0.3, -0.25) is 4.79 Å². The largest absolute Gasteiger partial charge is 0.484 e. The lowest BCUT2D eigenvalue weighted by Gasteiger charge is -2.03. The molecule has 24 heavy (non-hydrogen) atoms. The third-order valence-electron chi connectivity index (χ3n) is 3.21. The Morgan fingerprint density at radius 1 is 1.12 bits per heavy atom. The van der Waals surface area contributed by atoms with Crippen LogP contribution in [0.5, 0.6) is 5.75 Å². The van der Waals surface area contributed by atoms with Crippen molar-refractivity contribution in [3.63, 3.8) is 0 Å². The lowest BCUT2D eigenvalue weighted by molar-refractivity contribution is -0.130. The zero-order chi connectivity index (χ0) is 16.9. The third-order valence-corrected chi connectivity index (χ3v) is 3.21. The van der Waals surface area contributed by atoms with E-state index in [0.717, 1.165) is 11.1 Å². The van der Waals surface area contributed by atoms with Gasteiger partial charge in [0.2, 0.25) is 5.90 Å². The number of ether oxygens (including phenoxy) is 2. The third kappa shape index (κ3) is 3.67. The van der Waals surface area contributed by atoms with Crippen molar-refractivity contribution in [1.82, 2.24) is 0 Å². The number of benzene rings is 2. The Morgan fingerprint density at radius 2 is 1.83 bits per heavy atom. The van der Waals surface area contributed by atoms with Crippen LogP contribution in [0.1, 0.15) is 11.1 Å². The first kappa shape index (κ1) is 15.5. The van der Waals surface area contributed by atoms with Gasteiger partial charge < -0.3 is 15.2 Å². The number of rotatable bonds is 5. The maximum absolute atomic E-state index is 11.9. The van der Waals surface area contributed by atoms with Gasteiger partial charge in [0.05, 0.1) is 0 Å². The number of nitrogens with two attached hydrogens (primary N) is 1. The highest BCUT2D eigenvalue weighted by atomic mass is 16.6. The van der Waals surface area contributed by atoms with Gasteiger partial charge in [0.1, 0.15) is 5.75 Å². The van der Waals surface area contributed by atoms with E-state index in [0.29, 0.717) is 5.75 Å². The van der Waals surface area contributed by atoms with Crippen LogP contribution < -0.4 is 10.5 Å². The van der Waals surface area contributed by atoms with E-state index in [-0.39, 0.29) is 18.2 Å². The number of hydrogen-bond donors (Lipinski definition) is 1. The van der Waals surface area contributed by atoms with E-state index < -0.39 is 11.9 Å². The molecule has 0 unspecified atom stereocenters. The molecule has 0 saturated heterocycles. The molecular formula is C18H14N2O4. The zero-order valence-corrected chi connectivity index (χ0v) is 12.6. The number of amides is 1. The summed E-state index contributed by atoms with van der Waals surface area (Å²) in [5.41, 5.74) is 6.73. The van der Waals surface area contributed by atoms with E-state index in [1.54, 1.807) is 30.3 Å². The van der Waals surface area contributed by atoms with Gasteiger partial charge in [-0.15, -0.1) is 0 Å². The topological polar surface area (TPSA) is 91.0 Å². The van der Waals surface area contributed by atoms with Gasteiger partial charge in [0.25, 0.3) is 5.91 Å². The molecule has 1 heterocycles. The predicted molar refractivity (Wildman–Crippen MR) is 88.2 cm³/mol. The number of carbonyl (C=O) groups excluding carboxylic acids is 2. The SMILES string of the molecule is NC(=O)COc1ccc(/C=C2\N=C(c3ccccc3)OC2=O)cc1. The average Bonchev–Trinajstić information content (AvgIpc) is 2.96. The first-order chi connectivity index (χ1) is 11.6. The second kappa shape index (κ2) is 6.78. The van der Waals surface area contributed by atoms with Gasteiger partial charge in [-0.05, 0) is 35.9 Å². The van der Waals surface area contributed by atoms with Gasteiger partial charge in [-0.1, -0.05) is 30.3 Å². The summed E-state index contributed by atoms with van der Waals surface area (Å²) in [6.07, 6.45) is 1.62. The Balaban J connectivity index is 1.77. The van der Waals surface area contributed by atoms with Crippen molar-refractivity contribution in [1.29, 1.82) is 0 Å². The number of aliphatic imine (C=N–C) groups is 1.